The van der Waals surface area contributed by atoms with Crippen LogP contribution in [0.15, 0.2) is 72.9 Å². The van der Waals surface area contributed by atoms with Gasteiger partial charge in [0.1, 0.15) is 11.6 Å². The van der Waals surface area contributed by atoms with E-state index in [1.54, 1.807) is 29.3 Å². The molecule has 0 fully saturated rings. The van der Waals surface area contributed by atoms with Gasteiger partial charge in [0, 0.05) is 40.5 Å². The number of aromatic nitrogens is 1. The van der Waals surface area contributed by atoms with Crippen molar-refractivity contribution in [1.29, 1.82) is 0 Å². The molecule has 154 valence electrons. The Hall–Kier alpha value is -3.57. The molecule has 1 N–H and O–H groups in total. The van der Waals surface area contributed by atoms with Crippen LogP contribution >= 0.6 is 11.6 Å². The van der Waals surface area contributed by atoms with E-state index in [-0.39, 0.29) is 22.5 Å². The van der Waals surface area contributed by atoms with Gasteiger partial charge in [0.15, 0.2) is 0 Å². The van der Waals surface area contributed by atoms with Crippen LogP contribution in [-0.4, -0.2) is 20.5 Å². The van der Waals surface area contributed by atoms with Gasteiger partial charge in [-0.3, -0.25) is 4.79 Å². The lowest BCUT2D eigenvalue weighted by Crippen LogP contribution is -2.28. The Labute approximate surface area is 183 Å². The smallest absolute Gasteiger partial charge is 0.258 e. The largest absolute Gasteiger partial charge is 0.506 e. The summed E-state index contributed by atoms with van der Waals surface area (Å²) in [6, 6.07) is 19.0. The lowest BCUT2D eigenvalue weighted by atomic mass is 10.1. The zero-order valence-electron chi connectivity index (χ0n) is 16.4. The number of nitrogens with zero attached hydrogens (tertiary/aromatic N) is 2. The molecule has 2 heterocycles. The molecule has 31 heavy (non-hydrogen) atoms. The van der Waals surface area contributed by atoms with Crippen LogP contribution < -0.4 is 0 Å². The highest BCUT2D eigenvalue weighted by molar-refractivity contribution is 6.32. The summed E-state index contributed by atoms with van der Waals surface area (Å²) in [5.74, 6) is -0.535. The van der Waals surface area contributed by atoms with Crippen molar-refractivity contribution >= 4 is 34.5 Å². The molecular formula is C25H18ClFN2O2. The fourth-order valence-corrected chi connectivity index (χ4v) is 4.20. The summed E-state index contributed by atoms with van der Waals surface area (Å²) in [5.41, 5.74) is 4.51. The molecule has 1 amide bonds. The molecule has 0 atom stereocenters. The van der Waals surface area contributed by atoms with Crippen LogP contribution in [0, 0.1) is 5.82 Å². The van der Waals surface area contributed by atoms with E-state index in [1.807, 2.05) is 18.2 Å². The van der Waals surface area contributed by atoms with Gasteiger partial charge in [-0.15, -0.1) is 0 Å². The summed E-state index contributed by atoms with van der Waals surface area (Å²) < 4.78 is 15.5. The quantitative estimate of drug-likeness (QED) is 0.443. The molecule has 3 aromatic carbocycles. The van der Waals surface area contributed by atoms with E-state index in [0.29, 0.717) is 18.7 Å². The van der Waals surface area contributed by atoms with Crippen molar-refractivity contribution in [3.8, 4) is 5.75 Å². The van der Waals surface area contributed by atoms with Crippen molar-refractivity contribution in [2.45, 2.75) is 13.1 Å². The van der Waals surface area contributed by atoms with Crippen molar-refractivity contribution in [1.82, 2.24) is 9.47 Å². The average Bonchev–Trinajstić information content (AvgIpc) is 3.10. The molecule has 0 radical (unpaired) electrons. The molecule has 0 bridgehead atoms. The zero-order chi connectivity index (χ0) is 21.5. The summed E-state index contributed by atoms with van der Waals surface area (Å²) in [4.78, 5) is 14.7. The van der Waals surface area contributed by atoms with Gasteiger partial charge >= 0.3 is 0 Å². The van der Waals surface area contributed by atoms with E-state index in [9.17, 15) is 14.3 Å². The number of hydrogen-bond acceptors (Lipinski definition) is 2. The number of carbonyl (C=O) groups excluding carboxylic acids is 1. The Morgan fingerprint density at radius 3 is 2.61 bits per heavy atom. The molecule has 0 saturated heterocycles. The first-order valence-electron chi connectivity index (χ1n) is 9.83. The fraction of sp³-hybridized carbons (Fsp3) is 0.0800. The minimum absolute atomic E-state index is 0.0610. The Bertz CT molecular complexity index is 1340. The Morgan fingerprint density at radius 1 is 1.06 bits per heavy atom. The van der Waals surface area contributed by atoms with Gasteiger partial charge in [-0.2, -0.15) is 0 Å². The van der Waals surface area contributed by atoms with E-state index in [0.717, 1.165) is 27.7 Å². The third kappa shape index (κ3) is 3.47. The third-order valence-electron chi connectivity index (χ3n) is 5.57. The number of benzene rings is 3. The van der Waals surface area contributed by atoms with Gasteiger partial charge in [-0.05, 0) is 48.0 Å². The van der Waals surface area contributed by atoms with Gasteiger partial charge in [0.05, 0.1) is 11.6 Å². The van der Waals surface area contributed by atoms with E-state index < -0.39 is 0 Å². The number of amides is 1. The predicted molar refractivity (Wildman–Crippen MR) is 119 cm³/mol. The summed E-state index contributed by atoms with van der Waals surface area (Å²) in [6.07, 6.45) is 3.72. The molecule has 1 aliphatic rings. The van der Waals surface area contributed by atoms with Crippen molar-refractivity contribution in [3.63, 3.8) is 0 Å². The monoisotopic (exact) mass is 432 g/mol. The maximum Gasteiger partial charge on any atom is 0.258 e. The highest BCUT2D eigenvalue weighted by Crippen LogP contribution is 2.33. The number of halogens is 2. The number of hydrogen-bond donors (Lipinski definition) is 1. The second-order valence-corrected chi connectivity index (χ2v) is 7.91. The van der Waals surface area contributed by atoms with Gasteiger partial charge in [-0.25, -0.2) is 4.39 Å². The second-order valence-electron chi connectivity index (χ2n) is 7.51. The molecule has 4 nitrogen and oxygen atoms in total. The van der Waals surface area contributed by atoms with Crippen molar-refractivity contribution in [2.24, 2.45) is 0 Å². The Kier molecular flexibility index (Phi) is 4.75. The molecular weight excluding hydrogens is 415 g/mol. The molecule has 0 aliphatic carbocycles. The summed E-state index contributed by atoms with van der Waals surface area (Å²) in [5, 5.41) is 10.9. The molecule has 0 spiro atoms. The molecule has 6 heteroatoms. The fourth-order valence-electron chi connectivity index (χ4n) is 4.02. The lowest BCUT2D eigenvalue weighted by molar-refractivity contribution is 0.0810. The van der Waals surface area contributed by atoms with Crippen LogP contribution in [0.3, 0.4) is 0 Å². The first kappa shape index (κ1) is 19.4. The van der Waals surface area contributed by atoms with Crippen molar-refractivity contribution in [3.05, 3.63) is 106 Å². The molecule has 0 unspecified atom stereocenters. The Balaban J connectivity index is 1.54. The van der Waals surface area contributed by atoms with Crippen LogP contribution in [0.4, 0.5) is 4.39 Å². The zero-order valence-corrected chi connectivity index (χ0v) is 17.2. The van der Waals surface area contributed by atoms with Gasteiger partial charge < -0.3 is 14.6 Å². The van der Waals surface area contributed by atoms with Gasteiger partial charge in [0.25, 0.3) is 5.91 Å². The highest BCUT2D eigenvalue weighted by atomic mass is 35.5. The lowest BCUT2D eigenvalue weighted by Gasteiger charge is -2.24. The second kappa shape index (κ2) is 7.60. The van der Waals surface area contributed by atoms with E-state index >= 15 is 0 Å². The van der Waals surface area contributed by atoms with Crippen LogP contribution in [-0.2, 0) is 13.1 Å². The maximum atomic E-state index is 13.4. The van der Waals surface area contributed by atoms with E-state index in [2.05, 4.69) is 16.7 Å². The molecule has 1 aromatic heterocycles. The minimum Gasteiger partial charge on any atom is -0.506 e. The van der Waals surface area contributed by atoms with Crippen LogP contribution in [0.1, 0.15) is 27.2 Å². The maximum absolute atomic E-state index is 13.4. The minimum atomic E-state index is -0.268. The normalized spacial score (nSPS) is 12.9. The number of aromatic hydroxyl groups is 1. The van der Waals surface area contributed by atoms with Crippen LogP contribution in [0.5, 0.6) is 5.75 Å². The first-order valence-corrected chi connectivity index (χ1v) is 10.2. The third-order valence-corrected chi connectivity index (χ3v) is 5.88. The Morgan fingerprint density at radius 2 is 1.84 bits per heavy atom. The number of phenolic OH excluding ortho intramolecular Hbond substituents is 1. The average molecular weight is 433 g/mol. The number of para-hydroxylation sites is 1. The van der Waals surface area contributed by atoms with Crippen LogP contribution in [0.25, 0.3) is 17.0 Å². The predicted octanol–water partition coefficient (Wildman–Crippen LogP) is 5.81. The van der Waals surface area contributed by atoms with E-state index in [1.165, 1.54) is 24.3 Å². The molecule has 1 aliphatic heterocycles. The summed E-state index contributed by atoms with van der Waals surface area (Å²) >= 11 is 5.99. The summed E-state index contributed by atoms with van der Waals surface area (Å²) in [6.45, 7) is 0.954. The molecule has 4 aromatic rings. The number of rotatable bonds is 3. The van der Waals surface area contributed by atoms with Crippen molar-refractivity contribution < 1.29 is 14.3 Å². The topological polar surface area (TPSA) is 45.5 Å². The number of fused-ring (bicyclic) bond motifs is 3. The summed E-state index contributed by atoms with van der Waals surface area (Å²) in [7, 11) is 0. The van der Waals surface area contributed by atoms with Gasteiger partial charge in [-0.1, -0.05) is 41.9 Å². The first-order chi connectivity index (χ1) is 15.0. The number of phenols is 1. The van der Waals surface area contributed by atoms with Gasteiger partial charge in [0.2, 0.25) is 0 Å². The van der Waals surface area contributed by atoms with E-state index in [4.69, 9.17) is 11.6 Å². The number of carbonyl (C=O) groups is 1. The standard InChI is InChI=1S/C25H18ClFN2O2/c26-21-13-17(7-10-24(21)30)25(31)28-12-11-20-19-3-1-2-4-22(19)29(23(20)15-28)14-16-5-8-18(27)9-6-16/h1-13,30H,14-15H2. The van der Waals surface area contributed by atoms with Crippen LogP contribution in [0.2, 0.25) is 5.02 Å². The van der Waals surface area contributed by atoms with Crippen molar-refractivity contribution in [2.75, 3.05) is 0 Å². The molecule has 0 saturated carbocycles. The SMILES string of the molecule is O=C(c1ccc(O)c(Cl)c1)N1C=Cc2c(n(Cc3ccc(F)cc3)c3ccccc23)C1. The highest BCUT2D eigenvalue weighted by Gasteiger charge is 2.24. The molecule has 5 rings (SSSR count).